The summed E-state index contributed by atoms with van der Waals surface area (Å²) in [6.07, 6.45) is 0.940. The molecule has 0 amide bonds. The Balaban J connectivity index is 1.71. The van der Waals surface area contributed by atoms with E-state index in [9.17, 15) is 0 Å². The van der Waals surface area contributed by atoms with Crippen molar-refractivity contribution in [3.8, 4) is 11.5 Å². The van der Waals surface area contributed by atoms with Crippen LogP contribution in [0, 0.1) is 11.8 Å². The van der Waals surface area contributed by atoms with Gasteiger partial charge in [-0.15, -0.1) is 0 Å². The van der Waals surface area contributed by atoms with E-state index < -0.39 is 0 Å². The summed E-state index contributed by atoms with van der Waals surface area (Å²) >= 11 is 0. The van der Waals surface area contributed by atoms with Gasteiger partial charge in [0.1, 0.15) is 0 Å². The van der Waals surface area contributed by atoms with Gasteiger partial charge >= 0.3 is 0 Å². The smallest absolute Gasteiger partial charge is 0.161 e. The van der Waals surface area contributed by atoms with E-state index in [2.05, 4.69) is 49.1 Å². The van der Waals surface area contributed by atoms with Crippen LogP contribution in [0.15, 0.2) is 18.2 Å². The lowest BCUT2D eigenvalue weighted by Crippen LogP contribution is -2.35. The third kappa shape index (κ3) is 3.97. The largest absolute Gasteiger partial charge is 0.490 e. The number of rotatable bonds is 5. The molecule has 2 heterocycles. The van der Waals surface area contributed by atoms with Crippen LogP contribution in [0.25, 0.3) is 0 Å². The summed E-state index contributed by atoms with van der Waals surface area (Å²) in [6.45, 7) is 10.2. The zero-order valence-corrected chi connectivity index (χ0v) is 14.4. The van der Waals surface area contributed by atoms with Gasteiger partial charge in [0.2, 0.25) is 0 Å². The van der Waals surface area contributed by atoms with Gasteiger partial charge in [-0.1, -0.05) is 19.9 Å². The molecule has 3 N–H and O–H groups in total. The highest BCUT2D eigenvalue weighted by atomic mass is 16.5. The number of ether oxygens (including phenoxy) is 2. The first-order chi connectivity index (χ1) is 11.1. The van der Waals surface area contributed by atoms with Gasteiger partial charge in [-0.25, -0.2) is 0 Å². The molecule has 1 aromatic rings. The van der Waals surface area contributed by atoms with Crippen LogP contribution < -0.4 is 25.6 Å². The van der Waals surface area contributed by atoms with E-state index in [1.807, 2.05) is 6.07 Å². The molecule has 0 aromatic heterocycles. The normalized spacial score (nSPS) is 25.4. The summed E-state index contributed by atoms with van der Waals surface area (Å²) in [7, 11) is 0. The van der Waals surface area contributed by atoms with Crippen LogP contribution in [0.5, 0.6) is 11.5 Å². The van der Waals surface area contributed by atoms with Gasteiger partial charge in [-0.3, -0.25) is 10.9 Å². The Bertz CT molecular complexity index is 521. The molecule has 0 bridgehead atoms. The van der Waals surface area contributed by atoms with Gasteiger partial charge in [0, 0.05) is 37.5 Å². The first-order valence-corrected chi connectivity index (χ1v) is 8.76. The van der Waals surface area contributed by atoms with Gasteiger partial charge in [0.15, 0.2) is 11.5 Å². The predicted octanol–water partition coefficient (Wildman–Crippen LogP) is 2.25. The summed E-state index contributed by atoms with van der Waals surface area (Å²) < 4.78 is 11.6. The van der Waals surface area contributed by atoms with Gasteiger partial charge < -0.3 is 14.8 Å². The summed E-state index contributed by atoms with van der Waals surface area (Å²) in [6, 6.07) is 7.18. The lowest BCUT2D eigenvalue weighted by atomic mass is 9.94. The zero-order valence-electron chi connectivity index (χ0n) is 14.4. The van der Waals surface area contributed by atoms with Crippen molar-refractivity contribution >= 4 is 0 Å². The maximum absolute atomic E-state index is 5.84. The average molecular weight is 319 g/mol. The molecule has 0 aliphatic carbocycles. The third-order valence-electron chi connectivity index (χ3n) is 4.80. The van der Waals surface area contributed by atoms with Crippen LogP contribution in [0.1, 0.15) is 38.8 Å². The number of nitrogens with one attached hydrogen (secondary N) is 3. The molecule has 3 rings (SSSR count). The quantitative estimate of drug-likeness (QED) is 0.777. The van der Waals surface area contributed by atoms with E-state index in [-0.39, 0.29) is 0 Å². The van der Waals surface area contributed by atoms with E-state index in [0.29, 0.717) is 23.9 Å². The molecule has 3 atom stereocenters. The van der Waals surface area contributed by atoms with E-state index >= 15 is 0 Å². The van der Waals surface area contributed by atoms with Crippen molar-refractivity contribution in [2.24, 2.45) is 11.8 Å². The zero-order chi connectivity index (χ0) is 16.2. The fourth-order valence-corrected chi connectivity index (χ4v) is 3.28. The average Bonchev–Trinajstić information content (AvgIpc) is 2.80. The molecule has 2 aliphatic heterocycles. The van der Waals surface area contributed by atoms with Crippen LogP contribution in [0.2, 0.25) is 0 Å². The molecule has 0 radical (unpaired) electrons. The van der Waals surface area contributed by atoms with Crippen molar-refractivity contribution < 1.29 is 9.47 Å². The lowest BCUT2D eigenvalue weighted by Gasteiger charge is -2.26. The van der Waals surface area contributed by atoms with E-state index in [1.54, 1.807) is 0 Å². The molecule has 5 heteroatoms. The van der Waals surface area contributed by atoms with Gasteiger partial charge in [0.25, 0.3) is 0 Å². The van der Waals surface area contributed by atoms with Crippen LogP contribution in [0.4, 0.5) is 0 Å². The number of hydrazine groups is 1. The minimum atomic E-state index is 0.319. The fourth-order valence-electron chi connectivity index (χ4n) is 3.28. The Morgan fingerprint density at radius 1 is 1.22 bits per heavy atom. The minimum Gasteiger partial charge on any atom is -0.490 e. The molecule has 1 aromatic carbocycles. The van der Waals surface area contributed by atoms with Crippen molar-refractivity contribution in [3.05, 3.63) is 23.8 Å². The Kier molecular flexibility index (Phi) is 5.41. The maximum Gasteiger partial charge on any atom is 0.161 e. The molecule has 3 unspecified atom stereocenters. The number of fused-ring (bicyclic) bond motifs is 1. The van der Waals surface area contributed by atoms with Crippen molar-refractivity contribution in [1.82, 2.24) is 16.2 Å². The van der Waals surface area contributed by atoms with Crippen molar-refractivity contribution in [2.75, 3.05) is 26.3 Å². The topological polar surface area (TPSA) is 54.5 Å². The van der Waals surface area contributed by atoms with Crippen LogP contribution in [0.3, 0.4) is 0 Å². The predicted molar refractivity (Wildman–Crippen MR) is 91.7 cm³/mol. The molecule has 128 valence electrons. The molecule has 23 heavy (non-hydrogen) atoms. The second kappa shape index (κ2) is 7.51. The molecule has 5 nitrogen and oxygen atoms in total. The molecular formula is C18H29N3O2. The van der Waals surface area contributed by atoms with Gasteiger partial charge in [-0.05, 0) is 30.5 Å². The standard InChI is InChI=1S/C18H29N3O2/c1-12(2)18(19-10-15-11-20-21-13(15)3)14-5-6-16-17(9-14)23-8-4-7-22-16/h5-6,9,12-13,15,18-21H,4,7-8,10-11H2,1-3H3. The summed E-state index contributed by atoms with van der Waals surface area (Å²) in [5.74, 6) is 2.87. The first-order valence-electron chi connectivity index (χ1n) is 8.76. The molecule has 0 saturated carbocycles. The highest BCUT2D eigenvalue weighted by Gasteiger charge is 2.25. The number of benzene rings is 1. The lowest BCUT2D eigenvalue weighted by molar-refractivity contribution is 0.296. The van der Waals surface area contributed by atoms with Crippen molar-refractivity contribution in [1.29, 1.82) is 0 Å². The van der Waals surface area contributed by atoms with E-state index in [0.717, 1.165) is 44.2 Å². The van der Waals surface area contributed by atoms with Gasteiger partial charge in [0.05, 0.1) is 13.2 Å². The van der Waals surface area contributed by atoms with Crippen LogP contribution in [-0.2, 0) is 0 Å². The monoisotopic (exact) mass is 319 g/mol. The second-order valence-corrected chi connectivity index (χ2v) is 6.96. The SMILES string of the molecule is CC(C)C(NCC1CNNC1C)c1ccc2c(c1)OCCCO2. The minimum absolute atomic E-state index is 0.319. The summed E-state index contributed by atoms with van der Waals surface area (Å²) in [5.41, 5.74) is 7.79. The highest BCUT2D eigenvalue weighted by Crippen LogP contribution is 2.34. The summed E-state index contributed by atoms with van der Waals surface area (Å²) in [4.78, 5) is 0. The fraction of sp³-hybridized carbons (Fsp3) is 0.667. The Labute approximate surface area is 139 Å². The van der Waals surface area contributed by atoms with Crippen LogP contribution >= 0.6 is 0 Å². The molecule has 1 saturated heterocycles. The molecule has 1 fully saturated rings. The molecule has 2 aliphatic rings. The number of hydrogen-bond donors (Lipinski definition) is 3. The van der Waals surface area contributed by atoms with Gasteiger partial charge in [-0.2, -0.15) is 0 Å². The second-order valence-electron chi connectivity index (χ2n) is 6.96. The Morgan fingerprint density at radius 3 is 2.70 bits per heavy atom. The van der Waals surface area contributed by atoms with Crippen LogP contribution in [-0.4, -0.2) is 32.3 Å². The Hall–Kier alpha value is -1.30. The first kappa shape index (κ1) is 16.6. The van der Waals surface area contributed by atoms with E-state index in [1.165, 1.54) is 5.56 Å². The molecule has 0 spiro atoms. The summed E-state index contributed by atoms with van der Waals surface area (Å²) in [5, 5.41) is 3.75. The van der Waals surface area contributed by atoms with E-state index in [4.69, 9.17) is 9.47 Å². The van der Waals surface area contributed by atoms with Crippen molar-refractivity contribution in [2.45, 2.75) is 39.3 Å². The molecular weight excluding hydrogens is 290 g/mol. The number of hydrogen-bond acceptors (Lipinski definition) is 5. The maximum atomic E-state index is 5.84. The third-order valence-corrected chi connectivity index (χ3v) is 4.80. The highest BCUT2D eigenvalue weighted by molar-refractivity contribution is 5.44. The van der Waals surface area contributed by atoms with Crippen molar-refractivity contribution in [3.63, 3.8) is 0 Å². The Morgan fingerprint density at radius 2 is 2.00 bits per heavy atom.